The van der Waals surface area contributed by atoms with Crippen molar-refractivity contribution in [1.82, 2.24) is 10.2 Å². The Morgan fingerprint density at radius 2 is 2.05 bits per heavy atom. The summed E-state index contributed by atoms with van der Waals surface area (Å²) in [5.41, 5.74) is 1.57. The second-order valence-corrected chi connectivity index (χ2v) is 5.26. The summed E-state index contributed by atoms with van der Waals surface area (Å²) in [7, 11) is 0. The van der Waals surface area contributed by atoms with Crippen LogP contribution >= 0.6 is 27.5 Å². The van der Waals surface area contributed by atoms with Gasteiger partial charge < -0.3 is 4.74 Å². The lowest BCUT2D eigenvalue weighted by Gasteiger charge is -2.10. The van der Waals surface area contributed by atoms with Gasteiger partial charge in [-0.2, -0.15) is 10.4 Å². The molecular weight excluding hydrogens is 349 g/mol. The van der Waals surface area contributed by atoms with Crippen LogP contribution in [0, 0.1) is 31.0 Å². The molecule has 2 aromatic rings. The van der Waals surface area contributed by atoms with E-state index in [0.29, 0.717) is 15.7 Å². The van der Waals surface area contributed by atoms with E-state index in [1.165, 1.54) is 6.07 Å². The summed E-state index contributed by atoms with van der Waals surface area (Å²) in [6.45, 7) is 3.48. The Balaban J connectivity index is 2.49. The van der Waals surface area contributed by atoms with E-state index in [0.717, 1.165) is 6.07 Å². The molecule has 4 nitrogen and oxygen atoms in total. The summed E-state index contributed by atoms with van der Waals surface area (Å²) in [5, 5.41) is 16.9. The molecule has 0 aliphatic rings. The smallest absolute Gasteiger partial charge is 0.257 e. The van der Waals surface area contributed by atoms with Gasteiger partial charge in [-0.15, -0.1) is 5.10 Å². The average molecular weight is 357 g/mol. The lowest BCUT2D eigenvalue weighted by molar-refractivity contribution is 0.445. The molecule has 0 unspecified atom stereocenters. The molecule has 2 rings (SSSR count). The molecule has 1 aromatic heterocycles. The molecule has 0 aliphatic carbocycles. The molecule has 102 valence electrons. The molecule has 0 radical (unpaired) electrons. The SMILES string of the molecule is Cc1nnc(Oc2cc(F)c(Cl)cc2Br)c(C#N)c1C. The average Bonchev–Trinajstić information content (AvgIpc) is 2.40. The van der Waals surface area contributed by atoms with Gasteiger partial charge in [0, 0.05) is 6.07 Å². The standard InChI is InChI=1S/C13H8BrClFN3O/c1-6-7(2)18-19-13(8(6)5-17)20-12-4-11(16)10(15)3-9(12)14/h3-4H,1-2H3. The molecule has 0 saturated heterocycles. The first kappa shape index (κ1) is 14.7. The van der Waals surface area contributed by atoms with E-state index in [9.17, 15) is 4.39 Å². The molecule has 0 fully saturated rings. The van der Waals surface area contributed by atoms with Gasteiger partial charge in [-0.1, -0.05) is 11.6 Å². The highest BCUT2D eigenvalue weighted by Gasteiger charge is 2.15. The number of aryl methyl sites for hydroxylation is 1. The first-order chi connectivity index (χ1) is 9.43. The number of hydrogen-bond acceptors (Lipinski definition) is 4. The number of aromatic nitrogens is 2. The highest BCUT2D eigenvalue weighted by molar-refractivity contribution is 9.10. The molecule has 0 bridgehead atoms. The van der Waals surface area contributed by atoms with Gasteiger partial charge in [0.25, 0.3) is 5.88 Å². The number of nitriles is 1. The van der Waals surface area contributed by atoms with Crippen LogP contribution in [0.5, 0.6) is 11.6 Å². The quantitative estimate of drug-likeness (QED) is 0.752. The number of halogens is 3. The van der Waals surface area contributed by atoms with Gasteiger partial charge in [-0.05, 0) is 41.4 Å². The van der Waals surface area contributed by atoms with E-state index in [4.69, 9.17) is 21.6 Å². The van der Waals surface area contributed by atoms with Crippen LogP contribution in [0.3, 0.4) is 0 Å². The van der Waals surface area contributed by atoms with E-state index in [1.54, 1.807) is 13.8 Å². The molecule has 0 amide bonds. The van der Waals surface area contributed by atoms with Crippen molar-refractivity contribution in [2.75, 3.05) is 0 Å². The van der Waals surface area contributed by atoms with Gasteiger partial charge in [0.2, 0.25) is 0 Å². The van der Waals surface area contributed by atoms with Crippen LogP contribution < -0.4 is 4.74 Å². The third-order valence-electron chi connectivity index (χ3n) is 2.72. The highest BCUT2D eigenvalue weighted by atomic mass is 79.9. The van der Waals surface area contributed by atoms with Crippen LogP contribution in [0.25, 0.3) is 0 Å². The van der Waals surface area contributed by atoms with Gasteiger partial charge in [0.15, 0.2) is 0 Å². The number of hydrogen-bond donors (Lipinski definition) is 0. The van der Waals surface area contributed by atoms with E-state index in [2.05, 4.69) is 26.1 Å². The molecule has 1 heterocycles. The molecule has 0 atom stereocenters. The molecule has 0 saturated carbocycles. The van der Waals surface area contributed by atoms with E-state index < -0.39 is 5.82 Å². The fraction of sp³-hybridized carbons (Fsp3) is 0.154. The molecule has 7 heteroatoms. The zero-order valence-corrected chi connectivity index (χ0v) is 12.9. The fourth-order valence-electron chi connectivity index (χ4n) is 1.48. The second kappa shape index (κ2) is 5.73. The van der Waals surface area contributed by atoms with E-state index in [-0.39, 0.29) is 22.2 Å². The Kier molecular flexibility index (Phi) is 4.21. The normalized spacial score (nSPS) is 10.2. The summed E-state index contributed by atoms with van der Waals surface area (Å²) < 4.78 is 19.4. The Labute approximate surface area is 128 Å². The molecule has 0 spiro atoms. The van der Waals surface area contributed by atoms with Crippen LogP contribution in [0.1, 0.15) is 16.8 Å². The minimum Gasteiger partial charge on any atom is -0.435 e. The lowest BCUT2D eigenvalue weighted by atomic mass is 10.1. The van der Waals surface area contributed by atoms with Crippen molar-refractivity contribution in [3.8, 4) is 17.7 Å². The van der Waals surface area contributed by atoms with Crippen molar-refractivity contribution in [1.29, 1.82) is 5.26 Å². The largest absolute Gasteiger partial charge is 0.435 e. The van der Waals surface area contributed by atoms with Gasteiger partial charge in [-0.3, -0.25) is 0 Å². The Hall–Kier alpha value is -1.71. The molecule has 1 aromatic carbocycles. The van der Waals surface area contributed by atoms with Crippen LogP contribution in [0.4, 0.5) is 4.39 Å². The number of rotatable bonds is 2. The summed E-state index contributed by atoms with van der Waals surface area (Å²) in [4.78, 5) is 0. The Bertz CT molecular complexity index is 731. The number of ether oxygens (including phenoxy) is 1. The van der Waals surface area contributed by atoms with Crippen molar-refractivity contribution in [3.05, 3.63) is 44.3 Å². The van der Waals surface area contributed by atoms with Crippen molar-refractivity contribution in [2.24, 2.45) is 0 Å². The van der Waals surface area contributed by atoms with Crippen LogP contribution in [0.2, 0.25) is 5.02 Å². The third-order valence-corrected chi connectivity index (χ3v) is 3.62. The van der Waals surface area contributed by atoms with Crippen LogP contribution in [-0.4, -0.2) is 10.2 Å². The summed E-state index contributed by atoms with van der Waals surface area (Å²) in [6.07, 6.45) is 0. The summed E-state index contributed by atoms with van der Waals surface area (Å²) in [6, 6.07) is 4.49. The predicted molar refractivity (Wildman–Crippen MR) is 75.4 cm³/mol. The van der Waals surface area contributed by atoms with E-state index in [1.807, 2.05) is 6.07 Å². The Morgan fingerprint density at radius 3 is 2.70 bits per heavy atom. The highest BCUT2D eigenvalue weighted by Crippen LogP contribution is 2.34. The van der Waals surface area contributed by atoms with Gasteiger partial charge in [0.05, 0.1) is 15.2 Å². The molecule has 0 N–H and O–H groups in total. The van der Waals surface area contributed by atoms with Crippen LogP contribution in [-0.2, 0) is 0 Å². The van der Waals surface area contributed by atoms with Crippen molar-refractivity contribution >= 4 is 27.5 Å². The molecule has 20 heavy (non-hydrogen) atoms. The van der Waals surface area contributed by atoms with Gasteiger partial charge >= 0.3 is 0 Å². The predicted octanol–water partition coefficient (Wildman–Crippen LogP) is 4.31. The number of benzene rings is 1. The topological polar surface area (TPSA) is 58.8 Å². The third kappa shape index (κ3) is 2.74. The minimum absolute atomic E-state index is 0.0259. The van der Waals surface area contributed by atoms with Crippen molar-refractivity contribution in [2.45, 2.75) is 13.8 Å². The van der Waals surface area contributed by atoms with Crippen molar-refractivity contribution < 1.29 is 9.13 Å². The maximum absolute atomic E-state index is 13.5. The lowest BCUT2D eigenvalue weighted by Crippen LogP contribution is -2.01. The molecule has 0 aliphatic heterocycles. The van der Waals surface area contributed by atoms with E-state index >= 15 is 0 Å². The first-order valence-corrected chi connectivity index (χ1v) is 6.67. The summed E-state index contributed by atoms with van der Waals surface area (Å²) >= 11 is 8.86. The second-order valence-electron chi connectivity index (χ2n) is 4.00. The van der Waals surface area contributed by atoms with Crippen molar-refractivity contribution in [3.63, 3.8) is 0 Å². The fourth-order valence-corrected chi connectivity index (χ4v) is 2.20. The first-order valence-electron chi connectivity index (χ1n) is 5.50. The monoisotopic (exact) mass is 355 g/mol. The minimum atomic E-state index is -0.625. The van der Waals surface area contributed by atoms with Gasteiger partial charge in [0.1, 0.15) is 23.2 Å². The van der Waals surface area contributed by atoms with Gasteiger partial charge in [-0.25, -0.2) is 4.39 Å². The maximum Gasteiger partial charge on any atom is 0.257 e. The number of nitrogens with zero attached hydrogens (tertiary/aromatic N) is 3. The zero-order chi connectivity index (χ0) is 14.9. The Morgan fingerprint density at radius 1 is 1.35 bits per heavy atom. The summed E-state index contributed by atoms with van der Waals surface area (Å²) in [5.74, 6) is -0.431. The zero-order valence-electron chi connectivity index (χ0n) is 10.5. The maximum atomic E-state index is 13.5. The molecular formula is C13H8BrClFN3O. The van der Waals surface area contributed by atoms with Crippen LogP contribution in [0.15, 0.2) is 16.6 Å².